The van der Waals surface area contributed by atoms with Crippen molar-refractivity contribution in [2.75, 3.05) is 32.6 Å². The van der Waals surface area contributed by atoms with E-state index in [0.717, 1.165) is 0 Å². The smallest absolute Gasteiger partial charge is 0.407 e. The third-order valence-corrected chi connectivity index (χ3v) is 3.88. The minimum absolute atomic E-state index is 0.309. The van der Waals surface area contributed by atoms with Gasteiger partial charge in [-0.3, -0.25) is 0 Å². The number of amides is 1. The number of carboxylic acid groups (broad SMARTS) is 1. The summed E-state index contributed by atoms with van der Waals surface area (Å²) < 4.78 is 20.6. The normalized spacial score (nSPS) is 10.7. The van der Waals surface area contributed by atoms with E-state index in [1.165, 1.54) is 31.2 Å². The molecule has 0 atom stereocenters. The number of aromatic nitrogens is 3. The molecule has 0 fully saturated rings. The lowest BCUT2D eigenvalue weighted by atomic mass is 10.1. The van der Waals surface area contributed by atoms with Gasteiger partial charge in [-0.25, -0.2) is 18.7 Å². The van der Waals surface area contributed by atoms with Gasteiger partial charge in [-0.05, 0) is 30.3 Å². The van der Waals surface area contributed by atoms with Gasteiger partial charge in [-0.15, -0.1) is 5.10 Å². The molecule has 0 aliphatic rings. The first-order valence-corrected chi connectivity index (χ1v) is 7.86. The number of halogens is 1. The molecule has 26 heavy (non-hydrogen) atoms. The van der Waals surface area contributed by atoms with Gasteiger partial charge in [-0.1, -0.05) is 0 Å². The van der Waals surface area contributed by atoms with E-state index < -0.39 is 6.09 Å². The van der Waals surface area contributed by atoms with Gasteiger partial charge in [0.1, 0.15) is 17.4 Å². The summed E-state index contributed by atoms with van der Waals surface area (Å²) in [6.07, 6.45) is 0.604. The third-order valence-electron chi connectivity index (χ3n) is 3.88. The van der Waals surface area contributed by atoms with Crippen LogP contribution in [0.3, 0.4) is 0 Å². The highest BCUT2D eigenvalue weighted by atomic mass is 19.1. The van der Waals surface area contributed by atoms with E-state index in [0.29, 0.717) is 41.6 Å². The van der Waals surface area contributed by atoms with Crippen LogP contribution in [0.2, 0.25) is 0 Å². The fourth-order valence-electron chi connectivity index (χ4n) is 2.48. The first-order valence-electron chi connectivity index (χ1n) is 7.86. The van der Waals surface area contributed by atoms with E-state index in [4.69, 9.17) is 9.84 Å². The lowest BCUT2D eigenvalue weighted by Crippen LogP contribution is -2.30. The number of hydrogen-bond donors (Lipinski definition) is 2. The van der Waals surface area contributed by atoms with Crippen LogP contribution >= 0.6 is 0 Å². The zero-order valence-electron chi connectivity index (χ0n) is 14.3. The molecule has 1 amide bonds. The summed E-state index contributed by atoms with van der Waals surface area (Å²) >= 11 is 0. The molecule has 0 unspecified atom stereocenters. The molecule has 8 nitrogen and oxygen atoms in total. The Balaban J connectivity index is 1.89. The van der Waals surface area contributed by atoms with Crippen molar-refractivity contribution in [2.24, 2.45) is 0 Å². The Morgan fingerprint density at radius 3 is 2.92 bits per heavy atom. The summed E-state index contributed by atoms with van der Waals surface area (Å²) in [5.74, 6) is 0.670. The molecule has 0 saturated carbocycles. The number of anilines is 1. The molecule has 2 aromatic heterocycles. The number of rotatable bonds is 6. The minimum atomic E-state index is -0.995. The molecule has 0 aliphatic carbocycles. The fourth-order valence-corrected chi connectivity index (χ4v) is 2.48. The molecule has 0 bridgehead atoms. The Kier molecular flexibility index (Phi) is 4.87. The van der Waals surface area contributed by atoms with E-state index in [2.05, 4.69) is 15.4 Å². The van der Waals surface area contributed by atoms with E-state index in [9.17, 15) is 9.18 Å². The molecular formula is C17H18FN5O3. The van der Waals surface area contributed by atoms with E-state index >= 15 is 0 Å². The molecule has 3 aromatic rings. The van der Waals surface area contributed by atoms with Gasteiger partial charge in [0.15, 0.2) is 5.65 Å². The molecular weight excluding hydrogens is 341 g/mol. The highest BCUT2D eigenvalue weighted by Gasteiger charge is 2.14. The van der Waals surface area contributed by atoms with Crippen molar-refractivity contribution in [3.05, 3.63) is 42.3 Å². The van der Waals surface area contributed by atoms with Gasteiger partial charge < -0.3 is 20.1 Å². The van der Waals surface area contributed by atoms with Crippen molar-refractivity contribution in [1.29, 1.82) is 0 Å². The predicted molar refractivity (Wildman–Crippen MR) is 94.1 cm³/mol. The molecule has 3 rings (SSSR count). The van der Waals surface area contributed by atoms with Crippen molar-refractivity contribution in [3.63, 3.8) is 0 Å². The van der Waals surface area contributed by atoms with Crippen LogP contribution in [0.1, 0.15) is 0 Å². The van der Waals surface area contributed by atoms with Crippen molar-refractivity contribution in [1.82, 2.24) is 19.5 Å². The highest BCUT2D eigenvalue weighted by Crippen LogP contribution is 2.30. The lowest BCUT2D eigenvalue weighted by Gasteiger charge is -2.13. The Hall–Kier alpha value is -3.36. The van der Waals surface area contributed by atoms with Crippen LogP contribution in [-0.2, 0) is 0 Å². The largest absolute Gasteiger partial charge is 0.496 e. The van der Waals surface area contributed by atoms with Crippen molar-refractivity contribution in [2.45, 2.75) is 0 Å². The minimum Gasteiger partial charge on any atom is -0.496 e. The summed E-state index contributed by atoms with van der Waals surface area (Å²) in [6, 6.07) is 7.76. The van der Waals surface area contributed by atoms with Gasteiger partial charge in [0.05, 0.1) is 19.0 Å². The third kappa shape index (κ3) is 3.51. The summed E-state index contributed by atoms with van der Waals surface area (Å²) in [5.41, 5.74) is 1.72. The monoisotopic (exact) mass is 359 g/mol. The molecule has 0 spiro atoms. The fraction of sp³-hybridized carbons (Fsp3) is 0.235. The van der Waals surface area contributed by atoms with Gasteiger partial charge in [0, 0.05) is 25.7 Å². The van der Waals surface area contributed by atoms with Crippen molar-refractivity contribution >= 4 is 17.6 Å². The summed E-state index contributed by atoms with van der Waals surface area (Å²) in [7, 11) is 3.00. The first-order chi connectivity index (χ1) is 12.5. The van der Waals surface area contributed by atoms with Crippen LogP contribution in [0.15, 0.2) is 36.5 Å². The SMILES string of the molecule is COc1ccc(F)cc1-c1cnc2ccc(NCCN(C)C(=O)O)nn12. The zero-order valence-corrected chi connectivity index (χ0v) is 14.3. The van der Waals surface area contributed by atoms with Crippen LogP contribution in [0.5, 0.6) is 5.75 Å². The molecule has 2 heterocycles. The first kappa shape index (κ1) is 17.5. The number of nitrogens with one attached hydrogen (secondary N) is 1. The summed E-state index contributed by atoms with van der Waals surface area (Å²) in [5, 5.41) is 16.4. The van der Waals surface area contributed by atoms with Crippen molar-refractivity contribution in [3.8, 4) is 17.0 Å². The quantitative estimate of drug-likeness (QED) is 0.703. The molecule has 1 aromatic carbocycles. The summed E-state index contributed by atoms with van der Waals surface area (Å²) in [6.45, 7) is 0.707. The van der Waals surface area contributed by atoms with Gasteiger partial charge in [0.2, 0.25) is 0 Å². The second kappa shape index (κ2) is 7.26. The molecule has 9 heteroatoms. The van der Waals surface area contributed by atoms with Crippen LogP contribution in [0, 0.1) is 5.82 Å². The second-order valence-electron chi connectivity index (χ2n) is 5.61. The number of ether oxygens (including phenoxy) is 1. The van der Waals surface area contributed by atoms with E-state index in [1.54, 1.807) is 28.9 Å². The number of methoxy groups -OCH3 is 1. The maximum Gasteiger partial charge on any atom is 0.407 e. The highest BCUT2D eigenvalue weighted by molar-refractivity contribution is 5.70. The van der Waals surface area contributed by atoms with Gasteiger partial charge >= 0.3 is 6.09 Å². The maximum atomic E-state index is 13.7. The topological polar surface area (TPSA) is 92.0 Å². The maximum absolute atomic E-state index is 13.7. The number of hydrogen-bond acceptors (Lipinski definition) is 5. The summed E-state index contributed by atoms with van der Waals surface area (Å²) in [4.78, 5) is 16.3. The number of benzene rings is 1. The average molecular weight is 359 g/mol. The molecule has 0 saturated heterocycles. The number of carbonyl (C=O) groups is 1. The Labute approximate surface area is 148 Å². The Morgan fingerprint density at radius 2 is 2.19 bits per heavy atom. The Morgan fingerprint density at radius 1 is 1.38 bits per heavy atom. The van der Waals surface area contributed by atoms with Crippen LogP contribution in [-0.4, -0.2) is 57.9 Å². The second-order valence-corrected chi connectivity index (χ2v) is 5.61. The van der Waals surface area contributed by atoms with Crippen LogP contribution < -0.4 is 10.1 Å². The van der Waals surface area contributed by atoms with Gasteiger partial charge in [-0.2, -0.15) is 0 Å². The molecule has 0 radical (unpaired) electrons. The standard InChI is InChI=1S/C17H18FN5O3/c1-22(17(24)25)8-7-19-15-5-6-16-20-10-13(23(16)21-15)12-9-11(18)3-4-14(12)26-2/h3-6,9-10H,7-8H2,1-2H3,(H,19,21)(H,24,25). The van der Waals surface area contributed by atoms with Crippen LogP contribution in [0.25, 0.3) is 16.9 Å². The van der Waals surface area contributed by atoms with Crippen molar-refractivity contribution < 1.29 is 19.0 Å². The van der Waals surface area contributed by atoms with Crippen LogP contribution in [0.4, 0.5) is 15.0 Å². The predicted octanol–water partition coefficient (Wildman–Crippen LogP) is 2.57. The Bertz CT molecular complexity index is 943. The van der Waals surface area contributed by atoms with Gasteiger partial charge in [0.25, 0.3) is 0 Å². The molecule has 136 valence electrons. The average Bonchev–Trinajstić information content (AvgIpc) is 3.04. The zero-order chi connectivity index (χ0) is 18.7. The molecule has 0 aliphatic heterocycles. The van der Waals surface area contributed by atoms with E-state index in [1.807, 2.05) is 0 Å². The lowest BCUT2D eigenvalue weighted by molar-refractivity contribution is 0.157. The number of nitrogens with zero attached hydrogens (tertiary/aromatic N) is 4. The number of likely N-dealkylation sites (N-methyl/N-ethyl adjacent to an activating group) is 1. The van der Waals surface area contributed by atoms with E-state index in [-0.39, 0.29) is 5.82 Å². The number of imidazole rings is 1. The number of fused-ring (bicyclic) bond motifs is 1. The molecule has 2 N–H and O–H groups in total.